The fraction of sp³-hybridized carbons (Fsp3) is 0.292. The van der Waals surface area contributed by atoms with Crippen LogP contribution < -0.4 is 5.32 Å². The molecule has 0 radical (unpaired) electrons. The van der Waals surface area contributed by atoms with Crippen LogP contribution in [0.3, 0.4) is 0 Å². The highest BCUT2D eigenvalue weighted by Crippen LogP contribution is 2.26. The maximum absolute atomic E-state index is 13.1. The first-order valence-corrected chi connectivity index (χ1v) is 10.0. The molecular weight excluding hydrogens is 360 g/mol. The van der Waals surface area contributed by atoms with Crippen LogP contribution in [0.4, 0.5) is 11.6 Å². The van der Waals surface area contributed by atoms with Crippen molar-refractivity contribution < 1.29 is 4.79 Å². The highest BCUT2D eigenvalue weighted by atomic mass is 16.2. The summed E-state index contributed by atoms with van der Waals surface area (Å²) in [5.41, 5.74) is 4.40. The number of hydrogen-bond donors (Lipinski definition) is 1. The fourth-order valence-electron chi connectivity index (χ4n) is 3.26. The summed E-state index contributed by atoms with van der Waals surface area (Å²) in [5.74, 6) is 0.713. The lowest BCUT2D eigenvalue weighted by Crippen LogP contribution is -2.31. The smallest absolute Gasteiger partial charge is 0.272 e. The third-order valence-corrected chi connectivity index (χ3v) is 4.79. The lowest BCUT2D eigenvalue weighted by atomic mass is 10.0. The van der Waals surface area contributed by atoms with Gasteiger partial charge in [-0.15, -0.1) is 0 Å². The standard InChI is InChI=1S/C24H28N4O/c1-5-28(16-19-11-7-6-8-12-19)23(29)22-15-18(4)25-24(27-22)26-21-14-10-9-13-20(21)17(2)3/h6-15,17H,5,16H2,1-4H3,(H,25,26,27). The van der Waals surface area contributed by atoms with E-state index in [0.717, 1.165) is 16.9 Å². The summed E-state index contributed by atoms with van der Waals surface area (Å²) in [6, 6.07) is 19.8. The molecule has 0 saturated carbocycles. The molecule has 0 aliphatic heterocycles. The number of amides is 1. The van der Waals surface area contributed by atoms with Crippen molar-refractivity contribution in [3.8, 4) is 0 Å². The number of hydrogen-bond acceptors (Lipinski definition) is 4. The minimum absolute atomic E-state index is 0.0953. The van der Waals surface area contributed by atoms with Gasteiger partial charge in [0.2, 0.25) is 5.95 Å². The van der Waals surface area contributed by atoms with E-state index in [2.05, 4.69) is 35.2 Å². The van der Waals surface area contributed by atoms with Crippen LogP contribution in [0.25, 0.3) is 0 Å². The van der Waals surface area contributed by atoms with Gasteiger partial charge in [0.25, 0.3) is 5.91 Å². The van der Waals surface area contributed by atoms with E-state index in [1.165, 1.54) is 5.56 Å². The van der Waals surface area contributed by atoms with Gasteiger partial charge < -0.3 is 10.2 Å². The third-order valence-electron chi connectivity index (χ3n) is 4.79. The molecule has 0 atom stereocenters. The van der Waals surface area contributed by atoms with Crippen LogP contribution >= 0.6 is 0 Å². The Morgan fingerprint density at radius 1 is 1.03 bits per heavy atom. The van der Waals surface area contributed by atoms with Crippen LogP contribution in [0.5, 0.6) is 0 Å². The quantitative estimate of drug-likeness (QED) is 0.595. The van der Waals surface area contributed by atoms with E-state index in [9.17, 15) is 4.79 Å². The van der Waals surface area contributed by atoms with Crippen molar-refractivity contribution in [1.82, 2.24) is 14.9 Å². The van der Waals surface area contributed by atoms with Gasteiger partial charge in [-0.25, -0.2) is 9.97 Å². The van der Waals surface area contributed by atoms with E-state index >= 15 is 0 Å². The molecule has 0 saturated heterocycles. The Hall–Kier alpha value is -3.21. The van der Waals surface area contributed by atoms with Crippen LogP contribution in [0.2, 0.25) is 0 Å². The number of aromatic nitrogens is 2. The second-order valence-corrected chi connectivity index (χ2v) is 7.39. The van der Waals surface area contributed by atoms with Gasteiger partial charge in [-0.2, -0.15) is 0 Å². The van der Waals surface area contributed by atoms with Crippen molar-refractivity contribution >= 4 is 17.5 Å². The van der Waals surface area contributed by atoms with Crippen molar-refractivity contribution in [2.24, 2.45) is 0 Å². The second kappa shape index (κ2) is 9.32. The van der Waals surface area contributed by atoms with E-state index in [1.807, 2.05) is 62.4 Å². The van der Waals surface area contributed by atoms with Crippen molar-refractivity contribution in [3.05, 3.63) is 83.2 Å². The van der Waals surface area contributed by atoms with Crippen LogP contribution in [-0.4, -0.2) is 27.3 Å². The SMILES string of the molecule is CCN(Cc1ccccc1)C(=O)c1cc(C)nc(Nc2ccccc2C(C)C)n1. The summed E-state index contributed by atoms with van der Waals surface area (Å²) < 4.78 is 0. The predicted molar refractivity (Wildman–Crippen MR) is 117 cm³/mol. The summed E-state index contributed by atoms with van der Waals surface area (Å²) in [5, 5.41) is 3.30. The highest BCUT2D eigenvalue weighted by molar-refractivity contribution is 5.92. The number of carbonyl (C=O) groups excluding carboxylic acids is 1. The van der Waals surface area contributed by atoms with E-state index in [1.54, 1.807) is 11.0 Å². The molecule has 0 unspecified atom stereocenters. The molecule has 150 valence electrons. The van der Waals surface area contributed by atoms with Crippen molar-refractivity contribution in [3.63, 3.8) is 0 Å². The summed E-state index contributed by atoms with van der Waals surface area (Å²) in [6.45, 7) is 9.32. The molecule has 5 nitrogen and oxygen atoms in total. The molecule has 0 bridgehead atoms. The maximum atomic E-state index is 13.1. The number of anilines is 2. The Balaban J connectivity index is 1.85. The van der Waals surface area contributed by atoms with Gasteiger partial charge in [0.15, 0.2) is 0 Å². The lowest BCUT2D eigenvalue weighted by Gasteiger charge is -2.21. The molecule has 3 aromatic rings. The predicted octanol–water partition coefficient (Wildman–Crippen LogP) is 5.31. The average Bonchev–Trinajstić information content (AvgIpc) is 2.72. The van der Waals surface area contributed by atoms with E-state index in [0.29, 0.717) is 30.6 Å². The lowest BCUT2D eigenvalue weighted by molar-refractivity contribution is 0.0746. The summed E-state index contributed by atoms with van der Waals surface area (Å²) in [6.07, 6.45) is 0. The molecule has 1 aromatic heterocycles. The Morgan fingerprint density at radius 2 is 1.72 bits per heavy atom. The first-order valence-electron chi connectivity index (χ1n) is 10.0. The van der Waals surface area contributed by atoms with Gasteiger partial charge in [-0.05, 0) is 43.0 Å². The van der Waals surface area contributed by atoms with Gasteiger partial charge in [-0.1, -0.05) is 62.4 Å². The summed E-state index contributed by atoms with van der Waals surface area (Å²) in [7, 11) is 0. The van der Waals surface area contributed by atoms with Crippen LogP contribution in [0.15, 0.2) is 60.7 Å². The van der Waals surface area contributed by atoms with Crippen molar-refractivity contribution in [2.45, 2.75) is 40.2 Å². The molecular formula is C24H28N4O. The first-order chi connectivity index (χ1) is 14.0. The largest absolute Gasteiger partial charge is 0.333 e. The minimum atomic E-state index is -0.0953. The van der Waals surface area contributed by atoms with Crippen molar-refractivity contribution in [1.29, 1.82) is 0 Å². The number of rotatable bonds is 7. The molecule has 29 heavy (non-hydrogen) atoms. The number of carbonyl (C=O) groups is 1. The topological polar surface area (TPSA) is 58.1 Å². The fourth-order valence-corrected chi connectivity index (χ4v) is 3.26. The first kappa shape index (κ1) is 20.5. The molecule has 1 heterocycles. The minimum Gasteiger partial charge on any atom is -0.333 e. The van der Waals surface area contributed by atoms with Gasteiger partial charge in [0.05, 0.1) is 0 Å². The zero-order valence-corrected chi connectivity index (χ0v) is 17.5. The van der Waals surface area contributed by atoms with Gasteiger partial charge in [0.1, 0.15) is 5.69 Å². The Kier molecular flexibility index (Phi) is 6.60. The molecule has 0 fully saturated rings. The van der Waals surface area contributed by atoms with Crippen LogP contribution in [-0.2, 0) is 6.54 Å². The molecule has 1 N–H and O–H groups in total. The van der Waals surface area contributed by atoms with Gasteiger partial charge in [-0.3, -0.25) is 4.79 Å². The van der Waals surface area contributed by atoms with E-state index in [-0.39, 0.29) is 5.91 Å². The Morgan fingerprint density at radius 3 is 2.41 bits per heavy atom. The average molecular weight is 389 g/mol. The van der Waals surface area contributed by atoms with Gasteiger partial charge in [0, 0.05) is 24.5 Å². The number of aryl methyl sites for hydroxylation is 1. The molecule has 5 heteroatoms. The molecule has 0 spiro atoms. The third kappa shape index (κ3) is 5.19. The Labute approximate surface area is 172 Å². The van der Waals surface area contributed by atoms with Gasteiger partial charge >= 0.3 is 0 Å². The zero-order valence-electron chi connectivity index (χ0n) is 17.5. The number of para-hydroxylation sites is 1. The van der Waals surface area contributed by atoms with Crippen molar-refractivity contribution in [2.75, 3.05) is 11.9 Å². The van der Waals surface area contributed by atoms with E-state index < -0.39 is 0 Å². The molecule has 0 aliphatic carbocycles. The zero-order chi connectivity index (χ0) is 20.8. The normalized spacial score (nSPS) is 10.8. The second-order valence-electron chi connectivity index (χ2n) is 7.39. The van der Waals surface area contributed by atoms with E-state index in [4.69, 9.17) is 0 Å². The molecule has 3 rings (SSSR count). The van der Waals surface area contributed by atoms with Crippen LogP contribution in [0, 0.1) is 6.92 Å². The number of nitrogens with zero attached hydrogens (tertiary/aromatic N) is 3. The molecule has 2 aromatic carbocycles. The molecule has 0 aliphatic rings. The molecule has 1 amide bonds. The Bertz CT molecular complexity index is 970. The van der Waals surface area contributed by atoms with Crippen LogP contribution in [0.1, 0.15) is 54.0 Å². The summed E-state index contributed by atoms with van der Waals surface area (Å²) >= 11 is 0. The summed E-state index contributed by atoms with van der Waals surface area (Å²) in [4.78, 5) is 23.9. The monoisotopic (exact) mass is 388 g/mol. The maximum Gasteiger partial charge on any atom is 0.272 e. The highest BCUT2D eigenvalue weighted by Gasteiger charge is 2.18. The number of nitrogens with one attached hydrogen (secondary N) is 1. The number of benzene rings is 2.